The molecule has 0 atom stereocenters. The normalized spacial score (nSPS) is 10.3. The Morgan fingerprint density at radius 2 is 1.67 bits per heavy atom. The van der Waals surface area contributed by atoms with E-state index < -0.39 is 5.91 Å². The number of hydrogen-bond donors (Lipinski definition) is 1. The van der Waals surface area contributed by atoms with E-state index in [1.165, 1.54) is 23.9 Å². The second-order valence-corrected chi connectivity index (χ2v) is 5.78. The van der Waals surface area contributed by atoms with Crippen molar-refractivity contribution in [3.63, 3.8) is 0 Å². The summed E-state index contributed by atoms with van der Waals surface area (Å²) in [4.78, 5) is 24.8. The first kappa shape index (κ1) is 18.2. The SMILES string of the molecule is COc1cc(C)c(NC(=O)c2ccc(=O)n(-c3ccccc3)n2)cc1OC. The summed E-state index contributed by atoms with van der Waals surface area (Å²) in [7, 11) is 3.07. The molecule has 7 heteroatoms. The van der Waals surface area contributed by atoms with Crippen LogP contribution in [0.2, 0.25) is 0 Å². The van der Waals surface area contributed by atoms with Crippen molar-refractivity contribution in [1.29, 1.82) is 0 Å². The average Bonchev–Trinajstić information content (AvgIpc) is 2.70. The van der Waals surface area contributed by atoms with Crippen molar-refractivity contribution in [2.24, 2.45) is 0 Å². The maximum Gasteiger partial charge on any atom is 0.276 e. The van der Waals surface area contributed by atoms with Gasteiger partial charge in [0.05, 0.1) is 19.9 Å². The van der Waals surface area contributed by atoms with E-state index in [2.05, 4.69) is 10.4 Å². The van der Waals surface area contributed by atoms with E-state index in [-0.39, 0.29) is 11.3 Å². The monoisotopic (exact) mass is 365 g/mol. The van der Waals surface area contributed by atoms with Gasteiger partial charge in [-0.3, -0.25) is 9.59 Å². The number of nitrogens with one attached hydrogen (secondary N) is 1. The molecule has 0 saturated carbocycles. The van der Waals surface area contributed by atoms with Crippen LogP contribution in [-0.4, -0.2) is 29.9 Å². The summed E-state index contributed by atoms with van der Waals surface area (Å²) in [6.07, 6.45) is 0. The van der Waals surface area contributed by atoms with E-state index in [1.54, 1.807) is 43.5 Å². The minimum Gasteiger partial charge on any atom is -0.493 e. The Bertz CT molecular complexity index is 1030. The number of para-hydroxylation sites is 1. The van der Waals surface area contributed by atoms with E-state index >= 15 is 0 Å². The highest BCUT2D eigenvalue weighted by molar-refractivity contribution is 6.03. The lowest BCUT2D eigenvalue weighted by Crippen LogP contribution is -2.25. The van der Waals surface area contributed by atoms with Crippen LogP contribution in [0.4, 0.5) is 5.69 Å². The number of aryl methyl sites for hydroxylation is 1. The molecule has 0 saturated heterocycles. The van der Waals surface area contributed by atoms with Crippen LogP contribution < -0.4 is 20.3 Å². The molecule has 1 N–H and O–H groups in total. The van der Waals surface area contributed by atoms with Crippen molar-refractivity contribution in [3.8, 4) is 17.2 Å². The first-order valence-corrected chi connectivity index (χ1v) is 8.23. The number of anilines is 1. The van der Waals surface area contributed by atoms with Crippen LogP contribution in [0.25, 0.3) is 5.69 Å². The summed E-state index contributed by atoms with van der Waals surface area (Å²) in [6.45, 7) is 1.84. The molecule has 1 heterocycles. The van der Waals surface area contributed by atoms with Crippen LogP contribution in [0.3, 0.4) is 0 Å². The fourth-order valence-corrected chi connectivity index (χ4v) is 2.59. The summed E-state index contributed by atoms with van der Waals surface area (Å²) in [6, 6.07) is 15.1. The number of aromatic nitrogens is 2. The number of carbonyl (C=O) groups excluding carboxylic acids is 1. The molecule has 0 fully saturated rings. The van der Waals surface area contributed by atoms with Gasteiger partial charge in [0.2, 0.25) is 0 Å². The fourth-order valence-electron chi connectivity index (χ4n) is 2.59. The average molecular weight is 365 g/mol. The van der Waals surface area contributed by atoms with E-state index in [4.69, 9.17) is 9.47 Å². The van der Waals surface area contributed by atoms with E-state index in [1.807, 2.05) is 13.0 Å². The number of methoxy groups -OCH3 is 2. The van der Waals surface area contributed by atoms with E-state index in [9.17, 15) is 9.59 Å². The Kier molecular flexibility index (Phi) is 5.21. The van der Waals surface area contributed by atoms with Crippen molar-refractivity contribution < 1.29 is 14.3 Å². The van der Waals surface area contributed by atoms with Crippen LogP contribution in [0, 0.1) is 6.92 Å². The van der Waals surface area contributed by atoms with Gasteiger partial charge in [0.15, 0.2) is 11.5 Å². The van der Waals surface area contributed by atoms with Crippen LogP contribution in [0.5, 0.6) is 11.5 Å². The van der Waals surface area contributed by atoms with Crippen LogP contribution >= 0.6 is 0 Å². The zero-order chi connectivity index (χ0) is 19.4. The number of ether oxygens (including phenoxy) is 2. The molecule has 0 aliphatic rings. The zero-order valence-corrected chi connectivity index (χ0v) is 15.2. The molecule has 1 amide bonds. The van der Waals surface area contributed by atoms with Gasteiger partial charge in [-0.15, -0.1) is 0 Å². The molecule has 1 aromatic heterocycles. The standard InChI is InChI=1S/C20H19N3O4/c1-13-11-17(26-2)18(27-3)12-16(13)21-20(25)15-9-10-19(24)23(22-15)14-7-5-4-6-8-14/h4-12H,1-3H3,(H,21,25). The number of rotatable bonds is 5. The summed E-state index contributed by atoms with van der Waals surface area (Å²) < 4.78 is 11.7. The first-order chi connectivity index (χ1) is 13.0. The molecule has 0 aliphatic carbocycles. The van der Waals surface area contributed by atoms with Crippen molar-refractivity contribution in [3.05, 3.63) is 76.2 Å². The van der Waals surface area contributed by atoms with E-state index in [0.29, 0.717) is 22.9 Å². The van der Waals surface area contributed by atoms with Gasteiger partial charge in [0, 0.05) is 17.8 Å². The minimum absolute atomic E-state index is 0.118. The van der Waals surface area contributed by atoms with Gasteiger partial charge in [-0.2, -0.15) is 9.78 Å². The minimum atomic E-state index is -0.435. The number of amides is 1. The molecule has 0 spiro atoms. The molecule has 138 valence electrons. The number of benzene rings is 2. The van der Waals surface area contributed by atoms with Crippen LogP contribution in [0.1, 0.15) is 16.1 Å². The lowest BCUT2D eigenvalue weighted by atomic mass is 10.1. The van der Waals surface area contributed by atoms with Gasteiger partial charge in [-0.25, -0.2) is 0 Å². The Morgan fingerprint density at radius 1 is 1.00 bits per heavy atom. The molecule has 0 bridgehead atoms. The van der Waals surface area contributed by atoms with Gasteiger partial charge in [-0.1, -0.05) is 18.2 Å². The molecular weight excluding hydrogens is 346 g/mol. The molecular formula is C20H19N3O4. The summed E-state index contributed by atoms with van der Waals surface area (Å²) >= 11 is 0. The molecule has 7 nitrogen and oxygen atoms in total. The van der Waals surface area contributed by atoms with Crippen LogP contribution in [-0.2, 0) is 0 Å². The van der Waals surface area contributed by atoms with Crippen LogP contribution in [0.15, 0.2) is 59.4 Å². The number of nitrogens with zero attached hydrogens (tertiary/aromatic N) is 2. The fraction of sp³-hybridized carbons (Fsp3) is 0.150. The van der Waals surface area contributed by atoms with Crippen molar-refractivity contribution in [2.45, 2.75) is 6.92 Å². The highest BCUT2D eigenvalue weighted by Crippen LogP contribution is 2.33. The van der Waals surface area contributed by atoms with E-state index in [0.717, 1.165) is 5.56 Å². The highest BCUT2D eigenvalue weighted by Gasteiger charge is 2.14. The van der Waals surface area contributed by atoms with Gasteiger partial charge in [-0.05, 0) is 36.8 Å². The molecule has 3 aromatic rings. The molecule has 0 aliphatic heterocycles. The maximum absolute atomic E-state index is 12.7. The Hall–Kier alpha value is -3.61. The number of carbonyl (C=O) groups is 1. The topological polar surface area (TPSA) is 82.5 Å². The lowest BCUT2D eigenvalue weighted by molar-refractivity contribution is 0.102. The third-order valence-electron chi connectivity index (χ3n) is 4.01. The lowest BCUT2D eigenvalue weighted by Gasteiger charge is -2.13. The molecule has 0 radical (unpaired) electrons. The van der Waals surface area contributed by atoms with Gasteiger partial charge in [0.1, 0.15) is 5.69 Å². The molecule has 3 rings (SSSR count). The van der Waals surface area contributed by atoms with Gasteiger partial charge >= 0.3 is 0 Å². The zero-order valence-electron chi connectivity index (χ0n) is 15.2. The second-order valence-electron chi connectivity index (χ2n) is 5.78. The van der Waals surface area contributed by atoms with Crippen molar-refractivity contribution in [1.82, 2.24) is 9.78 Å². The highest BCUT2D eigenvalue weighted by atomic mass is 16.5. The third kappa shape index (κ3) is 3.82. The van der Waals surface area contributed by atoms with Crippen molar-refractivity contribution in [2.75, 3.05) is 19.5 Å². The van der Waals surface area contributed by atoms with Crippen molar-refractivity contribution >= 4 is 11.6 Å². The quantitative estimate of drug-likeness (QED) is 0.752. The molecule has 27 heavy (non-hydrogen) atoms. The van der Waals surface area contributed by atoms with Gasteiger partial charge < -0.3 is 14.8 Å². The third-order valence-corrected chi connectivity index (χ3v) is 4.01. The predicted molar refractivity (Wildman–Crippen MR) is 102 cm³/mol. The summed E-state index contributed by atoms with van der Waals surface area (Å²) in [5.41, 5.74) is 1.75. The smallest absolute Gasteiger partial charge is 0.276 e. The van der Waals surface area contributed by atoms with Gasteiger partial charge in [0.25, 0.3) is 11.5 Å². The predicted octanol–water partition coefficient (Wildman–Crippen LogP) is 2.81. The first-order valence-electron chi connectivity index (χ1n) is 8.23. The molecule has 2 aromatic carbocycles. The summed E-state index contributed by atoms with van der Waals surface area (Å²) in [5.74, 6) is 0.638. The Balaban J connectivity index is 1.93. The number of hydrogen-bond acceptors (Lipinski definition) is 5. The molecule has 0 unspecified atom stereocenters. The second kappa shape index (κ2) is 7.74. The largest absolute Gasteiger partial charge is 0.493 e. The summed E-state index contributed by atoms with van der Waals surface area (Å²) in [5, 5.41) is 6.98. The Labute approximate surface area is 156 Å². The maximum atomic E-state index is 12.7. The Morgan fingerprint density at radius 3 is 2.33 bits per heavy atom.